The first-order valence-electron chi connectivity index (χ1n) is 7.47. The highest BCUT2D eigenvalue weighted by Gasteiger charge is 2.34. The van der Waals surface area contributed by atoms with Crippen molar-refractivity contribution >= 4 is 35.1 Å². The fourth-order valence-electron chi connectivity index (χ4n) is 2.59. The van der Waals surface area contributed by atoms with E-state index in [1.165, 1.54) is 6.07 Å². The second-order valence-electron chi connectivity index (χ2n) is 5.45. The van der Waals surface area contributed by atoms with Crippen molar-refractivity contribution in [3.05, 3.63) is 64.7 Å². The Balaban J connectivity index is 1.78. The maximum Gasteiger partial charge on any atom is 0.417 e. The van der Waals surface area contributed by atoms with Gasteiger partial charge in [0, 0.05) is 18.0 Å². The van der Waals surface area contributed by atoms with Crippen LogP contribution in [0.2, 0.25) is 5.02 Å². The Morgan fingerprint density at radius 2 is 1.92 bits per heavy atom. The summed E-state index contributed by atoms with van der Waals surface area (Å²) >= 11 is 7.22. The lowest BCUT2D eigenvalue weighted by Crippen LogP contribution is -2.34. The smallest absolute Gasteiger partial charge is 0.308 e. The Morgan fingerprint density at radius 3 is 2.60 bits per heavy atom. The average molecular weight is 387 g/mol. The van der Waals surface area contributed by atoms with Crippen LogP contribution in [0.1, 0.15) is 16.5 Å². The SMILES string of the molecule is O=C(Nc1ccc(Cl)c(C(F)(F)F)c1)N1CCSC1c1ccccc1. The minimum absolute atomic E-state index is 0.0606. The van der Waals surface area contributed by atoms with Crippen molar-refractivity contribution in [2.75, 3.05) is 17.6 Å². The van der Waals surface area contributed by atoms with Gasteiger partial charge in [-0.15, -0.1) is 11.8 Å². The number of amides is 2. The van der Waals surface area contributed by atoms with Crippen molar-refractivity contribution in [1.29, 1.82) is 0 Å². The summed E-state index contributed by atoms with van der Waals surface area (Å²) in [6, 6.07) is 12.4. The maximum atomic E-state index is 12.9. The first-order valence-corrected chi connectivity index (χ1v) is 8.90. The third kappa shape index (κ3) is 4.04. The van der Waals surface area contributed by atoms with E-state index in [9.17, 15) is 18.0 Å². The van der Waals surface area contributed by atoms with Crippen LogP contribution in [0.4, 0.5) is 23.7 Å². The Kier molecular flexibility index (Phi) is 5.15. The van der Waals surface area contributed by atoms with Gasteiger partial charge >= 0.3 is 12.2 Å². The molecule has 2 aromatic rings. The molecule has 1 atom stereocenters. The molecule has 0 spiro atoms. The molecule has 0 aliphatic carbocycles. The maximum absolute atomic E-state index is 12.9. The highest BCUT2D eigenvalue weighted by Crippen LogP contribution is 2.39. The van der Waals surface area contributed by atoms with Crippen molar-refractivity contribution in [1.82, 2.24) is 4.90 Å². The number of carbonyl (C=O) groups is 1. The van der Waals surface area contributed by atoms with Gasteiger partial charge in [0.1, 0.15) is 5.37 Å². The van der Waals surface area contributed by atoms with Crippen molar-refractivity contribution in [2.45, 2.75) is 11.6 Å². The number of carbonyl (C=O) groups excluding carboxylic acids is 1. The fraction of sp³-hybridized carbons (Fsp3) is 0.235. The molecule has 1 aliphatic rings. The van der Waals surface area contributed by atoms with E-state index < -0.39 is 22.8 Å². The third-order valence-electron chi connectivity index (χ3n) is 3.76. The van der Waals surface area contributed by atoms with Gasteiger partial charge < -0.3 is 10.2 Å². The van der Waals surface area contributed by atoms with Gasteiger partial charge in [-0.1, -0.05) is 41.9 Å². The largest absolute Gasteiger partial charge is 0.417 e. The van der Waals surface area contributed by atoms with E-state index >= 15 is 0 Å². The number of nitrogens with zero attached hydrogens (tertiary/aromatic N) is 1. The molecule has 0 radical (unpaired) electrons. The zero-order chi connectivity index (χ0) is 18.0. The second-order valence-corrected chi connectivity index (χ2v) is 7.05. The van der Waals surface area contributed by atoms with Crippen molar-refractivity contribution in [3.8, 4) is 0 Å². The van der Waals surface area contributed by atoms with Gasteiger partial charge in [0.05, 0.1) is 10.6 Å². The molecule has 1 saturated heterocycles. The Labute approximate surface area is 152 Å². The van der Waals surface area contributed by atoms with Crippen LogP contribution in [0, 0.1) is 0 Å². The van der Waals surface area contributed by atoms with Crippen molar-refractivity contribution in [2.24, 2.45) is 0 Å². The zero-order valence-corrected chi connectivity index (χ0v) is 14.5. The highest BCUT2D eigenvalue weighted by atomic mass is 35.5. The summed E-state index contributed by atoms with van der Waals surface area (Å²) in [6.45, 7) is 0.524. The normalized spacial score (nSPS) is 17.6. The predicted octanol–water partition coefficient (Wildman–Crippen LogP) is 5.64. The van der Waals surface area contributed by atoms with Gasteiger partial charge in [-0.25, -0.2) is 4.79 Å². The number of benzene rings is 2. The summed E-state index contributed by atoms with van der Waals surface area (Å²) in [7, 11) is 0. The van der Waals surface area contributed by atoms with E-state index in [1.54, 1.807) is 16.7 Å². The molecular formula is C17H14ClF3N2OS. The molecule has 25 heavy (non-hydrogen) atoms. The van der Waals surface area contributed by atoms with Crippen molar-refractivity contribution < 1.29 is 18.0 Å². The molecule has 1 unspecified atom stereocenters. The molecule has 1 aliphatic heterocycles. The molecule has 8 heteroatoms. The lowest BCUT2D eigenvalue weighted by atomic mass is 10.2. The van der Waals surface area contributed by atoms with Gasteiger partial charge in [-0.3, -0.25) is 0 Å². The van der Waals surface area contributed by atoms with Crippen LogP contribution in [0.3, 0.4) is 0 Å². The van der Waals surface area contributed by atoms with E-state index in [0.717, 1.165) is 23.4 Å². The number of nitrogens with one attached hydrogen (secondary N) is 1. The van der Waals surface area contributed by atoms with E-state index in [1.807, 2.05) is 30.3 Å². The molecule has 2 amide bonds. The van der Waals surface area contributed by atoms with E-state index in [0.29, 0.717) is 6.54 Å². The molecule has 3 nitrogen and oxygen atoms in total. The summed E-state index contributed by atoms with van der Waals surface area (Å²) in [5.74, 6) is 0.765. The van der Waals surface area contributed by atoms with Crippen LogP contribution in [-0.2, 0) is 6.18 Å². The molecule has 1 N–H and O–H groups in total. The Morgan fingerprint density at radius 1 is 1.20 bits per heavy atom. The van der Waals surface area contributed by atoms with Crippen LogP contribution >= 0.6 is 23.4 Å². The fourth-order valence-corrected chi connectivity index (χ4v) is 4.07. The molecule has 132 valence electrons. The topological polar surface area (TPSA) is 32.3 Å². The minimum atomic E-state index is -4.58. The first-order chi connectivity index (χ1) is 11.9. The molecule has 0 bridgehead atoms. The van der Waals surface area contributed by atoms with Crippen LogP contribution in [-0.4, -0.2) is 23.2 Å². The summed E-state index contributed by atoms with van der Waals surface area (Å²) in [6.07, 6.45) is -4.58. The predicted molar refractivity (Wildman–Crippen MR) is 93.8 cm³/mol. The van der Waals surface area contributed by atoms with Gasteiger partial charge in [-0.05, 0) is 23.8 Å². The van der Waals surface area contributed by atoms with Crippen LogP contribution in [0.15, 0.2) is 48.5 Å². The van der Waals surface area contributed by atoms with Gasteiger partial charge in [0.25, 0.3) is 0 Å². The summed E-state index contributed by atoms with van der Waals surface area (Å²) in [4.78, 5) is 14.1. The lowest BCUT2D eigenvalue weighted by molar-refractivity contribution is -0.137. The number of thioether (sulfide) groups is 1. The third-order valence-corrected chi connectivity index (χ3v) is 5.35. The van der Waals surface area contributed by atoms with Crippen molar-refractivity contribution in [3.63, 3.8) is 0 Å². The highest BCUT2D eigenvalue weighted by molar-refractivity contribution is 7.99. The van der Waals surface area contributed by atoms with Gasteiger partial charge in [0.15, 0.2) is 0 Å². The summed E-state index contributed by atoms with van der Waals surface area (Å²) in [5, 5.41) is 1.98. The Bertz CT molecular complexity index is 770. The van der Waals surface area contributed by atoms with Crippen LogP contribution in [0.25, 0.3) is 0 Å². The molecule has 1 heterocycles. The van der Waals surface area contributed by atoms with Crippen LogP contribution in [0.5, 0.6) is 0 Å². The number of hydrogen-bond acceptors (Lipinski definition) is 2. The van der Waals surface area contributed by atoms with Gasteiger partial charge in [0.2, 0.25) is 0 Å². The second kappa shape index (κ2) is 7.17. The first kappa shape index (κ1) is 17.9. The molecular weight excluding hydrogens is 373 g/mol. The molecule has 3 rings (SSSR count). The zero-order valence-electron chi connectivity index (χ0n) is 12.9. The molecule has 1 fully saturated rings. The number of hydrogen-bond donors (Lipinski definition) is 1. The summed E-state index contributed by atoms with van der Waals surface area (Å²) in [5.41, 5.74) is 0.0695. The summed E-state index contributed by atoms with van der Waals surface area (Å²) < 4.78 is 38.8. The van der Waals surface area contributed by atoms with Crippen LogP contribution < -0.4 is 5.32 Å². The van der Waals surface area contributed by atoms with E-state index in [-0.39, 0.29) is 11.1 Å². The number of anilines is 1. The average Bonchev–Trinajstić information content (AvgIpc) is 3.06. The number of halogens is 4. The molecule has 0 saturated carbocycles. The van der Waals surface area contributed by atoms with Gasteiger partial charge in [-0.2, -0.15) is 13.2 Å². The number of rotatable bonds is 2. The standard InChI is InChI=1S/C17H14ClF3N2OS/c18-14-7-6-12(10-13(14)17(19,20)21)22-16(24)23-8-9-25-15(23)11-4-2-1-3-5-11/h1-7,10,15H,8-9H2,(H,22,24). The minimum Gasteiger partial charge on any atom is -0.308 e. The quantitative estimate of drug-likeness (QED) is 0.724. The number of alkyl halides is 3. The monoisotopic (exact) mass is 386 g/mol. The molecule has 0 aromatic heterocycles. The lowest BCUT2D eigenvalue weighted by Gasteiger charge is -2.24. The van der Waals surface area contributed by atoms with E-state index in [2.05, 4.69) is 5.32 Å². The number of urea groups is 1. The van der Waals surface area contributed by atoms with E-state index in [4.69, 9.17) is 11.6 Å². The molecule has 2 aromatic carbocycles. The Hall–Kier alpha value is -1.86.